The highest BCUT2D eigenvalue weighted by Gasteiger charge is 2.12. The molecule has 15 heavy (non-hydrogen) atoms. The van der Waals surface area contributed by atoms with Gasteiger partial charge in [0.2, 0.25) is 0 Å². The van der Waals surface area contributed by atoms with Crippen LogP contribution in [0.25, 0.3) is 0 Å². The van der Waals surface area contributed by atoms with E-state index in [9.17, 15) is 0 Å². The Kier molecular flexibility index (Phi) is 4.58. The van der Waals surface area contributed by atoms with Crippen LogP contribution in [0.3, 0.4) is 0 Å². The first-order valence-electron chi connectivity index (χ1n) is 5.38. The Morgan fingerprint density at radius 2 is 2.13 bits per heavy atom. The van der Waals surface area contributed by atoms with Crippen molar-refractivity contribution in [2.45, 2.75) is 39.1 Å². The fraction of sp³-hybridized carbons (Fsp3) is 0.583. The summed E-state index contributed by atoms with van der Waals surface area (Å²) in [7, 11) is 0. The van der Waals surface area contributed by atoms with Crippen LogP contribution in [0.4, 0.5) is 5.82 Å². The molecule has 3 heteroatoms. The van der Waals surface area contributed by atoms with Crippen molar-refractivity contribution in [3.05, 3.63) is 23.4 Å². The molecule has 1 aromatic heterocycles. The molecule has 0 atom stereocenters. The minimum atomic E-state index is 0.496. The Balaban J connectivity index is 3.03. The van der Waals surface area contributed by atoms with Gasteiger partial charge in [0.15, 0.2) is 0 Å². The minimum absolute atomic E-state index is 0.496. The van der Waals surface area contributed by atoms with E-state index in [0.717, 1.165) is 17.7 Å². The summed E-state index contributed by atoms with van der Waals surface area (Å²) in [6, 6.07) is 2.69. The first-order valence-corrected chi connectivity index (χ1v) is 6.50. The molecular weight excluding hydrogens is 252 g/mol. The molecule has 0 aliphatic heterocycles. The smallest absolute Gasteiger partial charge is 0.131 e. The largest absolute Gasteiger partial charge is 0.354 e. The number of aromatic nitrogens is 1. The predicted octanol–water partition coefficient (Wildman–Crippen LogP) is 3.52. The molecule has 0 radical (unpaired) electrons. The lowest BCUT2D eigenvalue weighted by atomic mass is 10.2. The number of halogens is 1. The Morgan fingerprint density at radius 3 is 2.53 bits per heavy atom. The Hall–Kier alpha value is -0.570. The predicted molar refractivity (Wildman–Crippen MR) is 69.8 cm³/mol. The van der Waals surface area contributed by atoms with Gasteiger partial charge >= 0.3 is 0 Å². The zero-order chi connectivity index (χ0) is 11.4. The van der Waals surface area contributed by atoms with Gasteiger partial charge in [-0.25, -0.2) is 4.98 Å². The topological polar surface area (TPSA) is 16.1 Å². The van der Waals surface area contributed by atoms with Crippen LogP contribution in [0.1, 0.15) is 31.9 Å². The van der Waals surface area contributed by atoms with E-state index < -0.39 is 0 Å². The van der Waals surface area contributed by atoms with Crippen molar-refractivity contribution in [1.82, 2.24) is 4.98 Å². The van der Waals surface area contributed by atoms with Crippen LogP contribution in [0.15, 0.2) is 12.3 Å². The van der Waals surface area contributed by atoms with Gasteiger partial charge in [0.05, 0.1) is 0 Å². The normalized spacial score (nSPS) is 10.8. The number of pyridine rings is 1. The monoisotopic (exact) mass is 270 g/mol. The van der Waals surface area contributed by atoms with Gasteiger partial charge in [-0.1, -0.05) is 22.0 Å². The summed E-state index contributed by atoms with van der Waals surface area (Å²) >= 11 is 3.45. The van der Waals surface area contributed by atoms with Gasteiger partial charge in [-0.3, -0.25) is 0 Å². The molecular formula is C12H19BrN2. The molecule has 0 fully saturated rings. The molecule has 0 unspecified atom stereocenters. The Bertz CT molecular complexity index is 323. The van der Waals surface area contributed by atoms with Gasteiger partial charge in [-0.2, -0.15) is 0 Å². The van der Waals surface area contributed by atoms with E-state index in [1.54, 1.807) is 0 Å². The number of anilines is 1. The third-order valence-electron chi connectivity index (χ3n) is 2.50. The third kappa shape index (κ3) is 2.94. The highest BCUT2D eigenvalue weighted by Crippen LogP contribution is 2.20. The summed E-state index contributed by atoms with van der Waals surface area (Å²) < 4.78 is 0. The molecule has 0 bridgehead atoms. The summed E-state index contributed by atoms with van der Waals surface area (Å²) in [5, 5.41) is 0.870. The van der Waals surface area contributed by atoms with Crippen LogP contribution in [-0.4, -0.2) is 17.6 Å². The molecule has 84 valence electrons. The maximum Gasteiger partial charge on any atom is 0.131 e. The van der Waals surface area contributed by atoms with Crippen molar-refractivity contribution in [2.24, 2.45) is 0 Å². The van der Waals surface area contributed by atoms with Crippen LogP contribution < -0.4 is 4.90 Å². The van der Waals surface area contributed by atoms with E-state index in [4.69, 9.17) is 0 Å². The number of rotatable bonds is 4. The fourth-order valence-corrected chi connectivity index (χ4v) is 2.07. The van der Waals surface area contributed by atoms with E-state index in [1.165, 1.54) is 11.1 Å². The maximum absolute atomic E-state index is 4.54. The molecule has 0 aromatic carbocycles. The standard InChI is InChI=1S/C12H19BrN2/c1-5-15(9(2)3)12-10(4)6-11(7-13)8-14-12/h6,8-9H,5,7H2,1-4H3. The van der Waals surface area contributed by atoms with Gasteiger partial charge in [-0.05, 0) is 38.8 Å². The van der Waals surface area contributed by atoms with Gasteiger partial charge in [0.25, 0.3) is 0 Å². The molecule has 0 N–H and O–H groups in total. The summed E-state index contributed by atoms with van der Waals surface area (Å²) in [5.74, 6) is 1.11. The van der Waals surface area contributed by atoms with E-state index in [0.29, 0.717) is 6.04 Å². The summed E-state index contributed by atoms with van der Waals surface area (Å²) in [4.78, 5) is 6.85. The van der Waals surface area contributed by atoms with Crippen molar-refractivity contribution in [2.75, 3.05) is 11.4 Å². The van der Waals surface area contributed by atoms with Crippen molar-refractivity contribution in [1.29, 1.82) is 0 Å². The molecule has 1 heterocycles. The molecule has 0 aliphatic carbocycles. The maximum atomic E-state index is 4.54. The first-order chi connectivity index (χ1) is 7.10. The summed E-state index contributed by atoms with van der Waals surface area (Å²) in [5.41, 5.74) is 2.48. The molecule has 0 spiro atoms. The number of nitrogens with zero attached hydrogens (tertiary/aromatic N) is 2. The number of hydrogen-bond acceptors (Lipinski definition) is 2. The molecule has 1 rings (SSSR count). The van der Waals surface area contributed by atoms with Crippen molar-refractivity contribution in [3.63, 3.8) is 0 Å². The van der Waals surface area contributed by atoms with Gasteiger partial charge in [-0.15, -0.1) is 0 Å². The zero-order valence-electron chi connectivity index (χ0n) is 9.92. The number of hydrogen-bond donors (Lipinski definition) is 0. The van der Waals surface area contributed by atoms with Crippen LogP contribution in [-0.2, 0) is 5.33 Å². The summed E-state index contributed by atoms with van der Waals surface area (Å²) in [6.07, 6.45) is 1.95. The Labute approximate surface area is 101 Å². The second kappa shape index (κ2) is 5.50. The van der Waals surface area contributed by atoms with E-state index in [1.807, 2.05) is 6.20 Å². The molecule has 0 saturated carbocycles. The van der Waals surface area contributed by atoms with E-state index in [-0.39, 0.29) is 0 Å². The summed E-state index contributed by atoms with van der Waals surface area (Å²) in [6.45, 7) is 9.68. The third-order valence-corrected chi connectivity index (χ3v) is 3.15. The van der Waals surface area contributed by atoms with Crippen molar-refractivity contribution in [3.8, 4) is 0 Å². The van der Waals surface area contributed by atoms with Crippen LogP contribution in [0, 0.1) is 6.92 Å². The average molecular weight is 271 g/mol. The Morgan fingerprint density at radius 1 is 1.47 bits per heavy atom. The average Bonchev–Trinajstić information content (AvgIpc) is 2.20. The second-order valence-corrected chi connectivity index (χ2v) is 4.56. The lowest BCUT2D eigenvalue weighted by molar-refractivity contribution is 0.690. The van der Waals surface area contributed by atoms with Gasteiger partial charge in [0, 0.05) is 24.1 Å². The molecule has 0 saturated heterocycles. The SMILES string of the molecule is CCN(c1ncc(CBr)cc1C)C(C)C. The van der Waals surface area contributed by atoms with E-state index >= 15 is 0 Å². The highest BCUT2D eigenvalue weighted by molar-refractivity contribution is 9.08. The zero-order valence-corrected chi connectivity index (χ0v) is 11.5. The fourth-order valence-electron chi connectivity index (χ4n) is 1.76. The van der Waals surface area contributed by atoms with Crippen molar-refractivity contribution < 1.29 is 0 Å². The first kappa shape index (κ1) is 12.5. The minimum Gasteiger partial charge on any atom is -0.354 e. The van der Waals surface area contributed by atoms with Crippen LogP contribution in [0.5, 0.6) is 0 Å². The number of aryl methyl sites for hydroxylation is 1. The highest BCUT2D eigenvalue weighted by atomic mass is 79.9. The van der Waals surface area contributed by atoms with Crippen LogP contribution >= 0.6 is 15.9 Å². The second-order valence-electron chi connectivity index (χ2n) is 4.00. The lowest BCUT2D eigenvalue weighted by Crippen LogP contribution is -2.31. The van der Waals surface area contributed by atoms with Gasteiger partial charge in [0.1, 0.15) is 5.82 Å². The quantitative estimate of drug-likeness (QED) is 0.779. The molecule has 0 aliphatic rings. The molecule has 0 amide bonds. The van der Waals surface area contributed by atoms with Crippen LogP contribution in [0.2, 0.25) is 0 Å². The molecule has 1 aromatic rings. The van der Waals surface area contributed by atoms with Gasteiger partial charge < -0.3 is 4.90 Å². The molecule has 2 nitrogen and oxygen atoms in total. The van der Waals surface area contributed by atoms with Crippen molar-refractivity contribution >= 4 is 21.7 Å². The number of alkyl halides is 1. The van der Waals surface area contributed by atoms with E-state index in [2.05, 4.69) is 59.6 Å². The lowest BCUT2D eigenvalue weighted by Gasteiger charge is -2.27.